The second-order valence-electron chi connectivity index (χ2n) is 8.68. The van der Waals surface area contributed by atoms with Crippen LogP contribution in [0.3, 0.4) is 0 Å². The highest BCUT2D eigenvalue weighted by Gasteiger charge is 2.16. The molecule has 2 aromatic heterocycles. The third-order valence-corrected chi connectivity index (χ3v) is 6.26. The number of hydrogen-bond acceptors (Lipinski definition) is 6. The van der Waals surface area contributed by atoms with E-state index in [0.717, 1.165) is 29.9 Å². The minimum Gasteiger partial charge on any atom is -0.398 e. The summed E-state index contributed by atoms with van der Waals surface area (Å²) in [6, 6.07) is 17.3. The number of anilines is 3. The molecule has 8 heteroatoms. The fourth-order valence-electron chi connectivity index (χ4n) is 4.20. The number of ether oxygens (including phenoxy) is 1. The molecule has 4 aromatic rings. The molecular formula is C31H32FN5O2. The number of nitrogens with two attached hydrogens (primary N) is 1. The van der Waals surface area contributed by atoms with Gasteiger partial charge in [0.25, 0.3) is 5.91 Å². The number of carbonyl (C=O) groups is 1. The Balaban J connectivity index is 0.00000172. The van der Waals surface area contributed by atoms with Crippen LogP contribution in [-0.4, -0.2) is 42.2 Å². The highest BCUT2D eigenvalue weighted by molar-refractivity contribution is 6.25. The summed E-state index contributed by atoms with van der Waals surface area (Å²) in [5.41, 5.74) is 11.5. The molecule has 1 aliphatic heterocycles. The lowest BCUT2D eigenvalue weighted by atomic mass is 9.98. The van der Waals surface area contributed by atoms with Crippen LogP contribution in [0, 0.1) is 5.82 Å². The number of rotatable bonds is 6. The molecule has 0 bridgehead atoms. The van der Waals surface area contributed by atoms with Crippen molar-refractivity contribution in [2.45, 2.75) is 13.8 Å². The Morgan fingerprint density at radius 3 is 2.49 bits per heavy atom. The van der Waals surface area contributed by atoms with Crippen LogP contribution in [0.25, 0.3) is 28.0 Å². The van der Waals surface area contributed by atoms with Gasteiger partial charge in [-0.2, -0.15) is 0 Å². The smallest absolute Gasteiger partial charge is 0.255 e. The first-order valence-electron chi connectivity index (χ1n) is 12.9. The molecule has 3 N–H and O–H groups in total. The Kier molecular flexibility index (Phi) is 9.01. The van der Waals surface area contributed by atoms with E-state index < -0.39 is 5.91 Å². The zero-order chi connectivity index (χ0) is 27.8. The van der Waals surface area contributed by atoms with E-state index in [-0.39, 0.29) is 11.4 Å². The Morgan fingerprint density at radius 1 is 1.00 bits per heavy atom. The van der Waals surface area contributed by atoms with E-state index in [1.165, 1.54) is 12.3 Å². The van der Waals surface area contributed by atoms with E-state index in [2.05, 4.69) is 32.8 Å². The number of hydrogen-bond donors (Lipinski definition) is 2. The Bertz CT molecular complexity index is 1450. The number of amides is 1. The number of nitrogens with zero attached hydrogens (tertiary/aromatic N) is 3. The quantitative estimate of drug-likeness (QED) is 0.235. The number of nitrogen functional groups attached to an aromatic ring is 1. The molecule has 2 aromatic carbocycles. The first kappa shape index (κ1) is 27.5. The summed E-state index contributed by atoms with van der Waals surface area (Å²) >= 11 is 0. The maximum atomic E-state index is 14.0. The first-order valence-corrected chi connectivity index (χ1v) is 12.9. The van der Waals surface area contributed by atoms with Gasteiger partial charge in [0.05, 0.1) is 42.7 Å². The number of morpholine rings is 1. The SMILES string of the molecule is C=C(C(=O)Nc1ccc(-c2ccccc2F)nc1)c1cc(-c2cncc(N3CCOCC3)c2)ccc1N.CC. The number of carbonyl (C=O) groups excluding carboxylic acids is 1. The molecule has 5 rings (SSSR count). The van der Waals surface area contributed by atoms with Gasteiger partial charge in [0.1, 0.15) is 5.82 Å². The fraction of sp³-hybridized carbons (Fsp3) is 0.194. The molecule has 0 unspecified atom stereocenters. The number of nitrogens with one attached hydrogen (secondary N) is 1. The molecule has 39 heavy (non-hydrogen) atoms. The maximum absolute atomic E-state index is 14.0. The minimum absolute atomic E-state index is 0.217. The van der Waals surface area contributed by atoms with Crippen LogP contribution >= 0.6 is 0 Å². The van der Waals surface area contributed by atoms with Gasteiger partial charge in [-0.05, 0) is 48.0 Å². The maximum Gasteiger partial charge on any atom is 0.255 e. The van der Waals surface area contributed by atoms with Gasteiger partial charge in [-0.25, -0.2) is 4.39 Å². The minimum atomic E-state index is -0.413. The molecule has 1 saturated heterocycles. The molecule has 0 saturated carbocycles. The van der Waals surface area contributed by atoms with Crippen LogP contribution < -0.4 is 16.0 Å². The summed E-state index contributed by atoms with van der Waals surface area (Å²) in [7, 11) is 0. The van der Waals surface area contributed by atoms with Crippen molar-refractivity contribution in [3.8, 4) is 22.4 Å². The van der Waals surface area contributed by atoms with Gasteiger partial charge < -0.3 is 20.7 Å². The van der Waals surface area contributed by atoms with Crippen LogP contribution in [0.2, 0.25) is 0 Å². The van der Waals surface area contributed by atoms with Crippen LogP contribution in [0.15, 0.2) is 85.8 Å². The Morgan fingerprint density at radius 2 is 1.77 bits per heavy atom. The van der Waals surface area contributed by atoms with E-state index in [4.69, 9.17) is 10.5 Å². The topological polar surface area (TPSA) is 93.4 Å². The van der Waals surface area contributed by atoms with E-state index in [0.29, 0.717) is 41.4 Å². The second kappa shape index (κ2) is 12.8. The monoisotopic (exact) mass is 525 g/mol. The average Bonchev–Trinajstić information content (AvgIpc) is 2.99. The van der Waals surface area contributed by atoms with Crippen molar-refractivity contribution >= 4 is 28.5 Å². The summed E-state index contributed by atoms with van der Waals surface area (Å²) in [4.78, 5) is 23.9. The normalized spacial score (nSPS) is 12.7. The predicted octanol–water partition coefficient (Wildman–Crippen LogP) is 6.05. The highest BCUT2D eigenvalue weighted by Crippen LogP contribution is 2.30. The van der Waals surface area contributed by atoms with E-state index >= 15 is 0 Å². The van der Waals surface area contributed by atoms with Crippen LogP contribution in [0.4, 0.5) is 21.5 Å². The summed E-state index contributed by atoms with van der Waals surface area (Å²) in [6.45, 7) is 11.0. The van der Waals surface area contributed by atoms with Crippen LogP contribution in [0.1, 0.15) is 19.4 Å². The number of pyridine rings is 2. The second-order valence-corrected chi connectivity index (χ2v) is 8.68. The van der Waals surface area contributed by atoms with Crippen molar-refractivity contribution in [1.29, 1.82) is 0 Å². The number of benzene rings is 2. The summed E-state index contributed by atoms with van der Waals surface area (Å²) in [6.07, 6.45) is 5.10. The molecule has 3 heterocycles. The van der Waals surface area contributed by atoms with Crippen molar-refractivity contribution in [2.24, 2.45) is 0 Å². The zero-order valence-corrected chi connectivity index (χ0v) is 22.2. The molecule has 0 spiro atoms. The molecule has 0 atom stereocenters. The summed E-state index contributed by atoms with van der Waals surface area (Å²) in [5, 5.41) is 2.79. The molecule has 7 nitrogen and oxygen atoms in total. The third kappa shape index (κ3) is 6.48. The van der Waals surface area contributed by atoms with Gasteiger partial charge in [-0.3, -0.25) is 14.8 Å². The Hall–Kier alpha value is -4.56. The van der Waals surface area contributed by atoms with Crippen LogP contribution in [0.5, 0.6) is 0 Å². The lowest BCUT2D eigenvalue weighted by molar-refractivity contribution is -0.111. The van der Waals surface area contributed by atoms with Crippen molar-refractivity contribution < 1.29 is 13.9 Å². The van der Waals surface area contributed by atoms with E-state index in [9.17, 15) is 9.18 Å². The van der Waals surface area contributed by atoms with Crippen molar-refractivity contribution in [3.05, 3.63) is 97.2 Å². The van der Waals surface area contributed by atoms with Gasteiger partial charge in [0.2, 0.25) is 0 Å². The van der Waals surface area contributed by atoms with Gasteiger partial charge in [-0.15, -0.1) is 0 Å². The van der Waals surface area contributed by atoms with Crippen molar-refractivity contribution in [3.63, 3.8) is 0 Å². The van der Waals surface area contributed by atoms with Crippen LogP contribution in [-0.2, 0) is 9.53 Å². The lowest BCUT2D eigenvalue weighted by Crippen LogP contribution is -2.36. The molecule has 1 aliphatic rings. The van der Waals surface area contributed by atoms with Crippen molar-refractivity contribution in [2.75, 3.05) is 42.3 Å². The van der Waals surface area contributed by atoms with Gasteiger partial charge in [0.15, 0.2) is 0 Å². The van der Waals surface area contributed by atoms with Crippen molar-refractivity contribution in [1.82, 2.24) is 9.97 Å². The largest absolute Gasteiger partial charge is 0.398 e. The molecule has 1 fully saturated rings. The summed E-state index contributed by atoms with van der Waals surface area (Å²) < 4.78 is 19.5. The fourth-order valence-corrected chi connectivity index (χ4v) is 4.20. The molecule has 0 radical (unpaired) electrons. The number of halogens is 1. The third-order valence-electron chi connectivity index (χ3n) is 6.26. The van der Waals surface area contributed by atoms with E-state index in [1.807, 2.05) is 32.2 Å². The standard InChI is InChI=1S/C29H26FN5O2.C2H6/c1-19(29(36)34-22-7-9-28(33-17-22)24-4-2-3-5-26(24)30)25-15-20(6-8-27(25)31)21-14-23(18-32-16-21)35-10-12-37-13-11-35;1-2/h2-9,14-18H,1,10-13,31H2,(H,34,36);1-2H3. The molecular weight excluding hydrogens is 493 g/mol. The molecule has 200 valence electrons. The Labute approximate surface area is 228 Å². The van der Waals surface area contributed by atoms with E-state index in [1.54, 1.807) is 42.6 Å². The number of aromatic nitrogens is 2. The summed E-state index contributed by atoms with van der Waals surface area (Å²) in [5.74, 6) is -0.773. The molecule has 1 amide bonds. The lowest BCUT2D eigenvalue weighted by Gasteiger charge is -2.28. The predicted molar refractivity (Wildman–Crippen MR) is 156 cm³/mol. The first-order chi connectivity index (χ1) is 19.0. The van der Waals surface area contributed by atoms with Gasteiger partial charge >= 0.3 is 0 Å². The molecule has 0 aliphatic carbocycles. The highest BCUT2D eigenvalue weighted by atomic mass is 19.1. The van der Waals surface area contributed by atoms with Gasteiger partial charge in [-0.1, -0.05) is 38.6 Å². The van der Waals surface area contributed by atoms with Gasteiger partial charge in [0, 0.05) is 47.2 Å². The average molecular weight is 526 g/mol. The zero-order valence-electron chi connectivity index (χ0n) is 22.2.